The molecule has 0 saturated carbocycles. The molecule has 0 amide bonds. The Bertz CT molecular complexity index is 3200. The molecule has 0 saturated heterocycles. The maximum absolute atomic E-state index is 6.83. The number of nitrogens with zero attached hydrogens (tertiary/aromatic N) is 1. The van der Waals surface area contributed by atoms with E-state index in [2.05, 4.69) is 211 Å². The van der Waals surface area contributed by atoms with Gasteiger partial charge in [-0.1, -0.05) is 158 Å². The number of hydrogen-bond donors (Lipinski definition) is 0. The summed E-state index contributed by atoms with van der Waals surface area (Å²) >= 11 is 1.85. The summed E-state index contributed by atoms with van der Waals surface area (Å²) in [6.07, 6.45) is 0. The molecule has 3 heteroatoms. The van der Waals surface area contributed by atoms with Crippen LogP contribution in [-0.4, -0.2) is 0 Å². The van der Waals surface area contributed by atoms with Crippen molar-refractivity contribution in [3.05, 3.63) is 212 Å². The van der Waals surface area contributed by atoms with Gasteiger partial charge in [-0.25, -0.2) is 0 Å². The predicted octanol–water partition coefficient (Wildman–Crippen LogP) is 16.1. The first-order valence-electron chi connectivity index (χ1n) is 19.3. The second-order valence-electron chi connectivity index (χ2n) is 14.5. The summed E-state index contributed by atoms with van der Waals surface area (Å²) in [6, 6.07) is 76.2. The Balaban J connectivity index is 1.04. The van der Waals surface area contributed by atoms with Gasteiger partial charge in [0.05, 0.1) is 5.69 Å². The van der Waals surface area contributed by atoms with E-state index in [4.69, 9.17) is 4.42 Å². The fraction of sp³-hybridized carbons (Fsp3) is 0. The van der Waals surface area contributed by atoms with Crippen LogP contribution in [0, 0.1) is 0 Å². The Morgan fingerprint density at radius 1 is 0.351 bits per heavy atom. The van der Waals surface area contributed by atoms with Crippen molar-refractivity contribution in [1.29, 1.82) is 0 Å². The molecule has 57 heavy (non-hydrogen) atoms. The molecule has 0 unspecified atom stereocenters. The zero-order valence-corrected chi connectivity index (χ0v) is 31.8. The van der Waals surface area contributed by atoms with Crippen molar-refractivity contribution >= 4 is 70.5 Å². The summed E-state index contributed by atoms with van der Waals surface area (Å²) in [6.45, 7) is 0. The van der Waals surface area contributed by atoms with Gasteiger partial charge in [-0.15, -0.1) is 11.3 Å². The summed E-state index contributed by atoms with van der Waals surface area (Å²) in [4.78, 5) is 2.33. The molecule has 0 spiro atoms. The minimum absolute atomic E-state index is 0.858. The first-order valence-corrected chi connectivity index (χ1v) is 20.1. The molecule has 2 heterocycles. The van der Waals surface area contributed by atoms with Gasteiger partial charge in [0.25, 0.3) is 0 Å². The van der Waals surface area contributed by atoms with Crippen LogP contribution in [0.25, 0.3) is 86.6 Å². The zero-order chi connectivity index (χ0) is 37.7. The molecule has 0 bridgehead atoms. The van der Waals surface area contributed by atoms with E-state index in [1.54, 1.807) is 0 Å². The highest BCUT2D eigenvalue weighted by Crippen LogP contribution is 2.46. The average molecular weight is 746 g/mol. The molecule has 268 valence electrons. The van der Waals surface area contributed by atoms with Crippen molar-refractivity contribution in [1.82, 2.24) is 0 Å². The Hall–Kier alpha value is -7.20. The van der Waals surface area contributed by atoms with E-state index < -0.39 is 0 Å². The van der Waals surface area contributed by atoms with Crippen LogP contribution in [0.5, 0.6) is 0 Å². The summed E-state index contributed by atoms with van der Waals surface area (Å²) in [5, 5.41) is 4.84. The summed E-state index contributed by atoms with van der Waals surface area (Å²) in [7, 11) is 0. The van der Waals surface area contributed by atoms with Crippen molar-refractivity contribution < 1.29 is 4.42 Å². The maximum atomic E-state index is 6.83. The third kappa shape index (κ3) is 5.88. The first kappa shape index (κ1) is 33.2. The quantitative estimate of drug-likeness (QED) is 0.162. The maximum Gasteiger partial charge on any atom is 0.160 e. The number of para-hydroxylation sites is 1. The van der Waals surface area contributed by atoms with Crippen LogP contribution in [0.2, 0.25) is 0 Å². The number of thiophene rings is 1. The molecule has 11 rings (SSSR count). The molecular formula is C54H35NOS. The lowest BCUT2D eigenvalue weighted by Crippen LogP contribution is -2.10. The lowest BCUT2D eigenvalue weighted by molar-refractivity contribution is 0.669. The highest BCUT2D eigenvalue weighted by Gasteiger charge is 2.22. The van der Waals surface area contributed by atoms with Gasteiger partial charge in [-0.05, 0) is 99.1 Å². The Morgan fingerprint density at radius 3 is 1.51 bits per heavy atom. The molecule has 0 aliphatic heterocycles. The Morgan fingerprint density at radius 2 is 0.842 bits per heavy atom. The van der Waals surface area contributed by atoms with E-state index in [0.717, 1.165) is 50.1 Å². The Labute approximate surface area is 335 Å². The van der Waals surface area contributed by atoms with Crippen LogP contribution in [0.4, 0.5) is 17.1 Å². The average Bonchev–Trinajstić information content (AvgIpc) is 3.87. The fourth-order valence-corrected chi connectivity index (χ4v) is 9.36. The van der Waals surface area contributed by atoms with Crippen LogP contribution < -0.4 is 4.90 Å². The number of rotatable bonds is 7. The van der Waals surface area contributed by atoms with Gasteiger partial charge in [0.15, 0.2) is 5.58 Å². The van der Waals surface area contributed by atoms with Crippen LogP contribution in [0.15, 0.2) is 217 Å². The Kier molecular flexibility index (Phi) is 8.04. The van der Waals surface area contributed by atoms with E-state index in [1.165, 1.54) is 53.6 Å². The van der Waals surface area contributed by atoms with E-state index in [1.807, 2.05) is 17.4 Å². The molecule has 0 radical (unpaired) electrons. The highest BCUT2D eigenvalue weighted by atomic mass is 32.1. The lowest BCUT2D eigenvalue weighted by Gasteiger charge is -2.26. The monoisotopic (exact) mass is 745 g/mol. The smallest absolute Gasteiger partial charge is 0.160 e. The van der Waals surface area contributed by atoms with Gasteiger partial charge in [0.1, 0.15) is 5.58 Å². The van der Waals surface area contributed by atoms with Crippen LogP contribution in [-0.2, 0) is 0 Å². The molecule has 9 aromatic carbocycles. The molecular weight excluding hydrogens is 711 g/mol. The zero-order valence-electron chi connectivity index (χ0n) is 31.0. The molecule has 0 atom stereocenters. The largest absolute Gasteiger partial charge is 0.454 e. The van der Waals surface area contributed by atoms with Crippen molar-refractivity contribution in [2.24, 2.45) is 0 Å². The molecule has 11 aromatic rings. The van der Waals surface area contributed by atoms with E-state index in [-0.39, 0.29) is 0 Å². The van der Waals surface area contributed by atoms with Crippen molar-refractivity contribution in [3.8, 4) is 44.5 Å². The molecule has 0 fully saturated rings. The van der Waals surface area contributed by atoms with E-state index in [9.17, 15) is 0 Å². The summed E-state index contributed by atoms with van der Waals surface area (Å²) in [5.41, 5.74) is 14.3. The third-order valence-corrected chi connectivity index (χ3v) is 12.3. The molecule has 0 aliphatic carbocycles. The predicted molar refractivity (Wildman–Crippen MR) is 243 cm³/mol. The van der Waals surface area contributed by atoms with Crippen molar-refractivity contribution in [2.45, 2.75) is 0 Å². The third-order valence-electron chi connectivity index (χ3n) is 11.1. The van der Waals surface area contributed by atoms with Crippen molar-refractivity contribution in [3.63, 3.8) is 0 Å². The van der Waals surface area contributed by atoms with Gasteiger partial charge in [0.2, 0.25) is 0 Å². The molecule has 2 nitrogen and oxygen atoms in total. The van der Waals surface area contributed by atoms with Crippen LogP contribution >= 0.6 is 11.3 Å². The number of fused-ring (bicyclic) bond motifs is 6. The number of hydrogen-bond acceptors (Lipinski definition) is 3. The molecule has 2 aromatic heterocycles. The molecule has 0 aliphatic rings. The number of anilines is 3. The van der Waals surface area contributed by atoms with E-state index >= 15 is 0 Å². The van der Waals surface area contributed by atoms with E-state index in [0.29, 0.717) is 0 Å². The standard InChI is InChI=1S/C54H35NOS/c1-3-11-36(12-4-1)37-19-21-38(22-20-37)39-23-28-43(29-24-39)55(44-30-25-40(26-31-44)42-27-34-52-48(35-42)46-15-8-10-18-51(46)57-52)49-33-32-45(41-13-5-2-6-14-41)53-47-16-7-9-17-50(47)56-54(49)53/h1-35H. The highest BCUT2D eigenvalue weighted by molar-refractivity contribution is 7.25. The second-order valence-corrected chi connectivity index (χ2v) is 15.6. The van der Waals surface area contributed by atoms with Gasteiger partial charge in [0, 0.05) is 42.3 Å². The number of benzene rings is 9. The minimum Gasteiger partial charge on any atom is -0.454 e. The normalized spacial score (nSPS) is 11.5. The van der Waals surface area contributed by atoms with Gasteiger partial charge >= 0.3 is 0 Å². The fourth-order valence-electron chi connectivity index (χ4n) is 8.27. The van der Waals surface area contributed by atoms with Gasteiger partial charge in [-0.3, -0.25) is 0 Å². The second kappa shape index (κ2) is 13.8. The summed E-state index contributed by atoms with van der Waals surface area (Å²) < 4.78 is 9.46. The van der Waals surface area contributed by atoms with Crippen LogP contribution in [0.1, 0.15) is 0 Å². The molecule has 0 N–H and O–H groups in total. The minimum atomic E-state index is 0.858. The van der Waals surface area contributed by atoms with Gasteiger partial charge < -0.3 is 9.32 Å². The lowest BCUT2D eigenvalue weighted by atomic mass is 9.97. The summed E-state index contributed by atoms with van der Waals surface area (Å²) in [5.74, 6) is 0. The number of furan rings is 1. The van der Waals surface area contributed by atoms with Gasteiger partial charge in [-0.2, -0.15) is 0 Å². The van der Waals surface area contributed by atoms with Crippen LogP contribution in [0.3, 0.4) is 0 Å². The SMILES string of the molecule is c1ccc(-c2ccc(-c3ccc(N(c4ccc(-c5ccc6sc7ccccc7c6c5)cc4)c4ccc(-c5ccccc5)c5c4oc4ccccc45)cc3)cc2)cc1. The first-order chi connectivity index (χ1) is 28.2. The van der Waals surface area contributed by atoms with Crippen molar-refractivity contribution in [2.75, 3.05) is 4.90 Å². The topological polar surface area (TPSA) is 16.4 Å².